The van der Waals surface area contributed by atoms with Gasteiger partial charge in [0, 0.05) is 16.4 Å². The van der Waals surface area contributed by atoms with E-state index < -0.39 is 0 Å². The van der Waals surface area contributed by atoms with E-state index in [1.807, 2.05) is 12.1 Å². The monoisotopic (exact) mass is 365 g/mol. The average molecular weight is 366 g/mol. The van der Waals surface area contributed by atoms with Gasteiger partial charge in [0.05, 0.1) is 0 Å². The van der Waals surface area contributed by atoms with Crippen LogP contribution in [-0.4, -0.2) is 10.2 Å². The molecule has 22 heavy (non-hydrogen) atoms. The molecular formula is C19H28BrNO. The predicted molar refractivity (Wildman–Crippen MR) is 97.6 cm³/mol. The number of amides is 1. The van der Waals surface area contributed by atoms with Crippen LogP contribution in [-0.2, 0) is 11.2 Å². The van der Waals surface area contributed by atoms with Gasteiger partial charge in [-0.2, -0.15) is 0 Å². The maximum atomic E-state index is 12.1. The summed E-state index contributed by atoms with van der Waals surface area (Å²) in [7, 11) is 0. The molecular weight excluding hydrogens is 338 g/mol. The Morgan fingerprint density at radius 1 is 1.18 bits per heavy atom. The van der Waals surface area contributed by atoms with E-state index in [0.717, 1.165) is 24.4 Å². The van der Waals surface area contributed by atoms with Crippen LogP contribution in [0.3, 0.4) is 0 Å². The lowest BCUT2D eigenvalue weighted by atomic mass is 9.86. The third-order valence-corrected chi connectivity index (χ3v) is 4.65. The van der Waals surface area contributed by atoms with Gasteiger partial charge in [0.15, 0.2) is 0 Å². The Morgan fingerprint density at radius 2 is 1.82 bits per heavy atom. The summed E-state index contributed by atoms with van der Waals surface area (Å²) in [6, 6.07) is 8.21. The average Bonchev–Trinajstić information content (AvgIpc) is 2.47. The molecule has 0 unspecified atom stereocenters. The van der Waals surface area contributed by atoms with Crippen LogP contribution in [0.2, 0.25) is 0 Å². The third-order valence-electron chi connectivity index (χ3n) is 4.37. The lowest BCUT2D eigenvalue weighted by Gasteiger charge is -2.21. The Morgan fingerprint density at radius 3 is 2.41 bits per heavy atom. The maximum Gasteiger partial charge on any atom is 0.224 e. The second-order valence-electron chi connectivity index (χ2n) is 7.18. The Bertz CT molecular complexity index is 469. The van der Waals surface area contributed by atoms with Gasteiger partial charge in [-0.15, -0.1) is 0 Å². The van der Waals surface area contributed by atoms with E-state index >= 15 is 0 Å². The van der Waals surface area contributed by atoms with Gasteiger partial charge in [-0.3, -0.25) is 4.79 Å². The maximum absolute atomic E-state index is 12.1. The van der Waals surface area contributed by atoms with Crippen molar-refractivity contribution >= 4 is 27.5 Å². The zero-order valence-corrected chi connectivity index (χ0v) is 15.4. The summed E-state index contributed by atoms with van der Waals surface area (Å²) < 4.78 is 0.109. The van der Waals surface area contributed by atoms with Crippen LogP contribution >= 0.6 is 15.9 Å². The summed E-state index contributed by atoms with van der Waals surface area (Å²) in [4.78, 5) is 12.1. The predicted octanol–water partition coefficient (Wildman–Crippen LogP) is 5.70. The molecule has 3 heteroatoms. The molecule has 0 saturated heterocycles. The Labute approximate surface area is 143 Å². The number of alkyl halides is 1. The van der Waals surface area contributed by atoms with E-state index in [9.17, 15) is 4.79 Å². The van der Waals surface area contributed by atoms with Crippen LogP contribution < -0.4 is 5.32 Å². The fraction of sp³-hybridized carbons (Fsp3) is 0.632. The van der Waals surface area contributed by atoms with Crippen molar-refractivity contribution < 1.29 is 4.79 Å². The standard InChI is InChI=1S/C19H28BrNO/c1-19(2,20)14-16-8-11-17(12-9-16)21-18(22)13-10-15-6-4-3-5-7-15/h8-9,11-12,15H,3-7,10,13-14H2,1-2H3,(H,21,22). The molecule has 1 saturated carbocycles. The minimum Gasteiger partial charge on any atom is -0.326 e. The normalized spacial score (nSPS) is 16.5. The van der Waals surface area contributed by atoms with Crippen LogP contribution in [0.1, 0.15) is 64.4 Å². The van der Waals surface area contributed by atoms with Gasteiger partial charge in [0.1, 0.15) is 0 Å². The molecule has 0 spiro atoms. The molecule has 0 atom stereocenters. The van der Waals surface area contributed by atoms with Crippen molar-refractivity contribution in [3.8, 4) is 0 Å². The van der Waals surface area contributed by atoms with Gasteiger partial charge in [0.2, 0.25) is 5.91 Å². The molecule has 2 nitrogen and oxygen atoms in total. The molecule has 1 aromatic rings. The summed E-state index contributed by atoms with van der Waals surface area (Å²) in [5.41, 5.74) is 2.19. The lowest BCUT2D eigenvalue weighted by molar-refractivity contribution is -0.116. The number of benzene rings is 1. The highest BCUT2D eigenvalue weighted by atomic mass is 79.9. The number of carbonyl (C=O) groups excluding carboxylic acids is 1. The molecule has 1 fully saturated rings. The number of anilines is 1. The zero-order chi connectivity index (χ0) is 16.0. The second kappa shape index (κ2) is 8.14. The van der Waals surface area contributed by atoms with Gasteiger partial charge in [-0.1, -0.05) is 60.2 Å². The molecule has 0 heterocycles. The Kier molecular flexibility index (Phi) is 6.49. The molecule has 122 valence electrons. The largest absolute Gasteiger partial charge is 0.326 e. The van der Waals surface area contributed by atoms with E-state index in [-0.39, 0.29) is 10.2 Å². The topological polar surface area (TPSA) is 29.1 Å². The minimum atomic E-state index is 0.109. The number of hydrogen-bond acceptors (Lipinski definition) is 1. The third kappa shape index (κ3) is 6.51. The first-order valence-electron chi connectivity index (χ1n) is 8.50. The van der Waals surface area contributed by atoms with Crippen molar-refractivity contribution in [3.05, 3.63) is 29.8 Å². The van der Waals surface area contributed by atoms with Crippen molar-refractivity contribution in [2.45, 2.75) is 69.5 Å². The molecule has 1 aliphatic rings. The van der Waals surface area contributed by atoms with E-state index in [4.69, 9.17) is 0 Å². The number of hydrogen-bond donors (Lipinski definition) is 1. The summed E-state index contributed by atoms with van der Waals surface area (Å²) >= 11 is 3.66. The summed E-state index contributed by atoms with van der Waals surface area (Å²) in [6.07, 6.45) is 9.36. The quantitative estimate of drug-likeness (QED) is 0.643. The molecule has 1 N–H and O–H groups in total. The van der Waals surface area contributed by atoms with Crippen LogP contribution in [0.5, 0.6) is 0 Å². The minimum absolute atomic E-state index is 0.109. The SMILES string of the molecule is CC(C)(Br)Cc1ccc(NC(=O)CCC2CCCCC2)cc1. The fourth-order valence-electron chi connectivity index (χ4n) is 3.23. The van der Waals surface area contributed by atoms with Gasteiger partial charge in [-0.25, -0.2) is 0 Å². The molecule has 0 bridgehead atoms. The second-order valence-corrected chi connectivity index (χ2v) is 9.33. The Balaban J connectivity index is 1.76. The number of halogens is 1. The van der Waals surface area contributed by atoms with E-state index in [1.165, 1.54) is 37.7 Å². The molecule has 0 aliphatic heterocycles. The highest BCUT2D eigenvalue weighted by molar-refractivity contribution is 9.10. The van der Waals surface area contributed by atoms with Crippen LogP contribution in [0.4, 0.5) is 5.69 Å². The highest BCUT2D eigenvalue weighted by Crippen LogP contribution is 2.27. The fourth-order valence-corrected chi connectivity index (χ4v) is 3.55. The molecule has 1 aromatic carbocycles. The number of rotatable bonds is 6. The molecule has 1 amide bonds. The summed E-state index contributed by atoms with van der Waals surface area (Å²) in [5, 5.41) is 3.02. The lowest BCUT2D eigenvalue weighted by Crippen LogP contribution is -2.15. The van der Waals surface area contributed by atoms with Crippen LogP contribution in [0.25, 0.3) is 0 Å². The summed E-state index contributed by atoms with van der Waals surface area (Å²) in [6.45, 7) is 4.32. The summed E-state index contributed by atoms with van der Waals surface area (Å²) in [5.74, 6) is 0.919. The van der Waals surface area contributed by atoms with Gasteiger partial charge < -0.3 is 5.32 Å². The number of carbonyl (C=O) groups is 1. The van der Waals surface area contributed by atoms with Gasteiger partial charge in [-0.05, 0) is 50.3 Å². The Hall–Kier alpha value is -0.830. The molecule has 0 radical (unpaired) electrons. The van der Waals surface area contributed by atoms with Crippen molar-refractivity contribution in [1.82, 2.24) is 0 Å². The van der Waals surface area contributed by atoms with Crippen molar-refractivity contribution in [2.24, 2.45) is 5.92 Å². The van der Waals surface area contributed by atoms with E-state index in [1.54, 1.807) is 0 Å². The van der Waals surface area contributed by atoms with Crippen LogP contribution in [0.15, 0.2) is 24.3 Å². The number of nitrogens with one attached hydrogen (secondary N) is 1. The molecule has 2 rings (SSSR count). The van der Waals surface area contributed by atoms with Crippen LogP contribution in [0, 0.1) is 5.92 Å². The van der Waals surface area contributed by atoms with E-state index in [0.29, 0.717) is 6.42 Å². The molecule has 0 aromatic heterocycles. The van der Waals surface area contributed by atoms with Crippen molar-refractivity contribution in [1.29, 1.82) is 0 Å². The zero-order valence-electron chi connectivity index (χ0n) is 13.8. The first-order valence-corrected chi connectivity index (χ1v) is 9.29. The highest BCUT2D eigenvalue weighted by Gasteiger charge is 2.15. The van der Waals surface area contributed by atoms with E-state index in [2.05, 4.69) is 47.2 Å². The van der Waals surface area contributed by atoms with Crippen molar-refractivity contribution in [3.63, 3.8) is 0 Å². The van der Waals surface area contributed by atoms with Gasteiger partial charge in [0.25, 0.3) is 0 Å². The van der Waals surface area contributed by atoms with Crippen molar-refractivity contribution in [2.75, 3.05) is 5.32 Å². The molecule has 1 aliphatic carbocycles. The first kappa shape index (κ1) is 17.5. The van der Waals surface area contributed by atoms with Gasteiger partial charge >= 0.3 is 0 Å². The smallest absolute Gasteiger partial charge is 0.224 e. The first-order chi connectivity index (χ1) is 10.4.